The van der Waals surface area contributed by atoms with E-state index in [1.165, 1.54) is 16.3 Å². The molecule has 2 saturated heterocycles. The van der Waals surface area contributed by atoms with E-state index in [1.54, 1.807) is 18.2 Å². The van der Waals surface area contributed by atoms with Gasteiger partial charge < -0.3 is 4.74 Å². The van der Waals surface area contributed by atoms with Crippen molar-refractivity contribution in [1.29, 1.82) is 0 Å². The van der Waals surface area contributed by atoms with Crippen molar-refractivity contribution in [3.63, 3.8) is 0 Å². The Kier molecular flexibility index (Phi) is 5.66. The zero-order valence-electron chi connectivity index (χ0n) is 16.8. The summed E-state index contributed by atoms with van der Waals surface area (Å²) >= 11 is 0. The summed E-state index contributed by atoms with van der Waals surface area (Å²) in [6.07, 6.45) is 6.22. The van der Waals surface area contributed by atoms with E-state index in [2.05, 4.69) is 0 Å². The molecule has 0 aromatic heterocycles. The third-order valence-electron chi connectivity index (χ3n) is 6.43. The largest absolute Gasteiger partial charge is 0.495 e. The number of hydrogen-bond donors (Lipinski definition) is 0. The SMILES string of the molecule is COc1ccc(CN2C(=O)[C@H]3CCCC[C@@H]3C2=O)cc1S(=O)(=O)N1CCCCC1. The number of carbonyl (C=O) groups is 2. The summed E-state index contributed by atoms with van der Waals surface area (Å²) in [6.45, 7) is 1.11. The Balaban J connectivity index is 1.62. The summed E-state index contributed by atoms with van der Waals surface area (Å²) in [5.41, 5.74) is 0.627. The standard InChI is InChI=1S/C21H28N2O5S/c1-28-18-10-9-15(13-19(18)29(26,27)22-11-5-2-6-12-22)14-23-20(24)16-7-3-4-8-17(16)21(23)25/h9-10,13,16-17H,2-8,11-12,14H2,1H3/t16-,17-/m0/s1. The van der Waals surface area contributed by atoms with E-state index in [0.717, 1.165) is 44.9 Å². The molecule has 2 aliphatic heterocycles. The first kappa shape index (κ1) is 20.3. The van der Waals surface area contributed by atoms with Crippen LogP contribution in [0.2, 0.25) is 0 Å². The summed E-state index contributed by atoms with van der Waals surface area (Å²) in [6, 6.07) is 4.91. The van der Waals surface area contributed by atoms with Gasteiger partial charge in [0.25, 0.3) is 0 Å². The van der Waals surface area contributed by atoms with E-state index >= 15 is 0 Å². The van der Waals surface area contributed by atoms with Crippen molar-refractivity contribution in [3.05, 3.63) is 23.8 Å². The van der Waals surface area contributed by atoms with Gasteiger partial charge in [-0.1, -0.05) is 25.3 Å². The number of sulfonamides is 1. The summed E-state index contributed by atoms with van der Waals surface area (Å²) in [5.74, 6) is -0.351. The van der Waals surface area contributed by atoms with Crippen molar-refractivity contribution in [2.45, 2.75) is 56.4 Å². The number of fused-ring (bicyclic) bond motifs is 1. The quantitative estimate of drug-likeness (QED) is 0.684. The second kappa shape index (κ2) is 8.07. The van der Waals surface area contributed by atoms with Gasteiger partial charge in [-0.25, -0.2) is 8.42 Å². The minimum atomic E-state index is -3.69. The van der Waals surface area contributed by atoms with Crippen molar-refractivity contribution < 1.29 is 22.7 Å². The number of carbonyl (C=O) groups excluding carboxylic acids is 2. The summed E-state index contributed by atoms with van der Waals surface area (Å²) in [4.78, 5) is 26.9. The summed E-state index contributed by atoms with van der Waals surface area (Å²) in [5, 5.41) is 0. The lowest BCUT2D eigenvalue weighted by Gasteiger charge is -2.27. The molecule has 2 heterocycles. The molecule has 1 saturated carbocycles. The average molecular weight is 421 g/mol. The third kappa shape index (κ3) is 3.68. The highest BCUT2D eigenvalue weighted by Crippen LogP contribution is 2.39. The van der Waals surface area contributed by atoms with Gasteiger partial charge in [0.1, 0.15) is 10.6 Å². The van der Waals surface area contributed by atoms with E-state index in [1.807, 2.05) is 0 Å². The minimum absolute atomic E-state index is 0.107. The van der Waals surface area contributed by atoms with Crippen LogP contribution in [0.25, 0.3) is 0 Å². The van der Waals surface area contributed by atoms with Crippen LogP contribution < -0.4 is 4.74 Å². The maximum atomic E-state index is 13.2. The fourth-order valence-corrected chi connectivity index (χ4v) is 6.56. The van der Waals surface area contributed by atoms with E-state index in [0.29, 0.717) is 18.7 Å². The Bertz CT molecular complexity index is 884. The van der Waals surface area contributed by atoms with Crippen LogP contribution in [0, 0.1) is 11.8 Å². The number of benzene rings is 1. The number of piperidine rings is 1. The van der Waals surface area contributed by atoms with Crippen LogP contribution in [0.5, 0.6) is 5.75 Å². The average Bonchev–Trinajstić information content (AvgIpc) is 2.99. The number of nitrogens with zero attached hydrogens (tertiary/aromatic N) is 2. The summed E-state index contributed by atoms with van der Waals surface area (Å²) in [7, 11) is -2.24. The van der Waals surface area contributed by atoms with Crippen LogP contribution in [-0.4, -0.2) is 49.6 Å². The van der Waals surface area contributed by atoms with Gasteiger partial charge in [0.15, 0.2) is 0 Å². The lowest BCUT2D eigenvalue weighted by atomic mass is 9.81. The number of amides is 2. The molecule has 7 nitrogen and oxygen atoms in total. The van der Waals surface area contributed by atoms with Crippen LogP contribution in [0.15, 0.2) is 23.1 Å². The molecular weight excluding hydrogens is 392 g/mol. The first-order valence-corrected chi connectivity index (χ1v) is 11.9. The fourth-order valence-electron chi connectivity index (χ4n) is 4.83. The van der Waals surface area contributed by atoms with Crippen LogP contribution in [-0.2, 0) is 26.2 Å². The number of methoxy groups -OCH3 is 1. The molecule has 1 aliphatic carbocycles. The minimum Gasteiger partial charge on any atom is -0.495 e. The van der Waals surface area contributed by atoms with Gasteiger partial charge in [-0.15, -0.1) is 0 Å². The van der Waals surface area contributed by atoms with Gasteiger partial charge >= 0.3 is 0 Å². The zero-order chi connectivity index (χ0) is 20.6. The third-order valence-corrected chi connectivity index (χ3v) is 8.35. The second-order valence-electron chi connectivity index (χ2n) is 8.21. The molecule has 0 bridgehead atoms. The molecule has 3 aliphatic rings. The van der Waals surface area contributed by atoms with Gasteiger partial charge in [0.05, 0.1) is 25.5 Å². The molecule has 1 aromatic carbocycles. The molecule has 2 atom stereocenters. The fraction of sp³-hybridized carbons (Fsp3) is 0.619. The highest BCUT2D eigenvalue weighted by Gasteiger charge is 2.48. The lowest BCUT2D eigenvalue weighted by molar-refractivity contribution is -0.140. The Hall–Kier alpha value is -1.93. The topological polar surface area (TPSA) is 84.0 Å². The molecule has 0 N–H and O–H groups in total. The van der Waals surface area contributed by atoms with Crippen LogP contribution in [0.1, 0.15) is 50.5 Å². The molecule has 29 heavy (non-hydrogen) atoms. The maximum Gasteiger partial charge on any atom is 0.246 e. The van der Waals surface area contributed by atoms with E-state index in [-0.39, 0.29) is 40.8 Å². The molecule has 1 aromatic rings. The maximum absolute atomic E-state index is 13.2. The number of imide groups is 1. The van der Waals surface area contributed by atoms with Crippen molar-refractivity contribution in [2.75, 3.05) is 20.2 Å². The molecule has 8 heteroatoms. The van der Waals surface area contributed by atoms with Gasteiger partial charge in [0.2, 0.25) is 21.8 Å². The number of rotatable bonds is 5. The lowest BCUT2D eigenvalue weighted by Crippen LogP contribution is -2.36. The highest BCUT2D eigenvalue weighted by molar-refractivity contribution is 7.89. The molecule has 4 rings (SSSR count). The monoisotopic (exact) mass is 420 g/mol. The predicted molar refractivity (Wildman–Crippen MR) is 107 cm³/mol. The van der Waals surface area contributed by atoms with Crippen LogP contribution >= 0.6 is 0 Å². The molecule has 3 fully saturated rings. The number of ether oxygens (including phenoxy) is 1. The van der Waals surface area contributed by atoms with E-state index in [4.69, 9.17) is 4.74 Å². The first-order chi connectivity index (χ1) is 13.9. The smallest absolute Gasteiger partial charge is 0.246 e. The molecule has 0 unspecified atom stereocenters. The second-order valence-corrected chi connectivity index (χ2v) is 10.1. The molecule has 0 radical (unpaired) electrons. The Morgan fingerprint density at radius 1 is 0.966 bits per heavy atom. The zero-order valence-corrected chi connectivity index (χ0v) is 17.6. The Morgan fingerprint density at radius 2 is 1.59 bits per heavy atom. The van der Waals surface area contributed by atoms with Crippen molar-refractivity contribution >= 4 is 21.8 Å². The number of likely N-dealkylation sites (tertiary alicyclic amines) is 1. The van der Waals surface area contributed by atoms with E-state index < -0.39 is 10.0 Å². The normalized spacial score (nSPS) is 25.9. The Labute approximate surface area is 172 Å². The molecule has 158 valence electrons. The van der Waals surface area contributed by atoms with Gasteiger partial charge in [-0.3, -0.25) is 14.5 Å². The van der Waals surface area contributed by atoms with Gasteiger partial charge in [-0.2, -0.15) is 4.31 Å². The van der Waals surface area contributed by atoms with Gasteiger partial charge in [-0.05, 0) is 43.4 Å². The predicted octanol–water partition coefficient (Wildman–Crippen LogP) is 2.55. The highest BCUT2D eigenvalue weighted by atomic mass is 32.2. The van der Waals surface area contributed by atoms with Crippen molar-refractivity contribution in [1.82, 2.24) is 9.21 Å². The van der Waals surface area contributed by atoms with Gasteiger partial charge in [0, 0.05) is 13.1 Å². The van der Waals surface area contributed by atoms with Crippen LogP contribution in [0.4, 0.5) is 0 Å². The molecule has 0 spiro atoms. The molecule has 2 amide bonds. The first-order valence-electron chi connectivity index (χ1n) is 10.5. The van der Waals surface area contributed by atoms with Crippen molar-refractivity contribution in [3.8, 4) is 5.75 Å². The summed E-state index contributed by atoms with van der Waals surface area (Å²) < 4.78 is 33.2. The van der Waals surface area contributed by atoms with Crippen LogP contribution in [0.3, 0.4) is 0 Å². The number of hydrogen-bond acceptors (Lipinski definition) is 5. The molecular formula is C21H28N2O5S. The van der Waals surface area contributed by atoms with Crippen molar-refractivity contribution in [2.24, 2.45) is 11.8 Å². The Morgan fingerprint density at radius 3 is 2.17 bits per heavy atom. The van der Waals surface area contributed by atoms with E-state index in [9.17, 15) is 18.0 Å².